The molecule has 0 bridgehead atoms. The molecule has 0 amide bonds. The van der Waals surface area contributed by atoms with Crippen molar-refractivity contribution < 1.29 is 33.3 Å². The molecular weight excluding hydrogens is 472 g/mol. The lowest BCUT2D eigenvalue weighted by Gasteiger charge is -2.22. The second-order valence-corrected chi connectivity index (χ2v) is 11.1. The summed E-state index contributed by atoms with van der Waals surface area (Å²) >= 11 is 0. The summed E-state index contributed by atoms with van der Waals surface area (Å²) < 4.78 is 22.7. The van der Waals surface area contributed by atoms with Crippen LogP contribution in [0.1, 0.15) is 76.9 Å². The number of allylic oxidation sites excluding steroid dienone is 1. The van der Waals surface area contributed by atoms with Crippen LogP contribution in [-0.2, 0) is 9.59 Å². The van der Waals surface area contributed by atoms with Crippen LogP contribution in [0.25, 0.3) is 6.08 Å². The first-order valence-corrected chi connectivity index (χ1v) is 12.2. The number of ether oxygens (including phenoxy) is 4. The monoisotopic (exact) mass is 510 g/mol. The Morgan fingerprint density at radius 3 is 1.84 bits per heavy atom. The van der Waals surface area contributed by atoms with Crippen LogP contribution >= 0.6 is 0 Å². The van der Waals surface area contributed by atoms with E-state index < -0.39 is 16.8 Å². The number of carbonyl (C=O) groups excluding carboxylic acids is 3. The molecule has 0 saturated heterocycles. The van der Waals surface area contributed by atoms with Crippen LogP contribution in [0.15, 0.2) is 36.4 Å². The fourth-order valence-electron chi connectivity index (χ4n) is 3.03. The van der Waals surface area contributed by atoms with Gasteiger partial charge in [-0.15, -0.1) is 0 Å². The highest BCUT2D eigenvalue weighted by atomic mass is 16.6. The minimum atomic E-state index is -0.706. The van der Waals surface area contributed by atoms with Gasteiger partial charge in [0.05, 0.1) is 24.0 Å². The molecule has 0 radical (unpaired) electrons. The highest BCUT2D eigenvalue weighted by Gasteiger charge is 2.28. The summed E-state index contributed by atoms with van der Waals surface area (Å²) in [5.74, 6) is 0.293. The maximum atomic E-state index is 12.9. The van der Waals surface area contributed by atoms with E-state index in [-0.39, 0.29) is 29.4 Å². The van der Waals surface area contributed by atoms with Gasteiger partial charge >= 0.3 is 11.9 Å². The summed E-state index contributed by atoms with van der Waals surface area (Å²) in [7, 11) is 1.48. The van der Waals surface area contributed by atoms with Gasteiger partial charge < -0.3 is 18.9 Å². The molecule has 0 saturated carbocycles. The molecule has 37 heavy (non-hydrogen) atoms. The first kappa shape index (κ1) is 29.6. The standard InChI is InChI=1S/C30H38O7/c1-18(2)35-25-21(17-19(3)24(26(25)34-10)37-28(33)30(7,8)9)13-16-23(31)20-11-14-22(15-12-20)36-27(32)29(4,5)6/h11-18H,1-10H3. The van der Waals surface area contributed by atoms with Crippen LogP contribution < -0.4 is 18.9 Å². The molecule has 2 rings (SSSR count). The largest absolute Gasteiger partial charge is 0.490 e. The first-order valence-electron chi connectivity index (χ1n) is 12.2. The van der Waals surface area contributed by atoms with E-state index in [1.807, 2.05) is 13.8 Å². The lowest BCUT2D eigenvalue weighted by atomic mass is 9.97. The fourth-order valence-corrected chi connectivity index (χ4v) is 3.03. The van der Waals surface area contributed by atoms with Gasteiger partial charge in [0.15, 0.2) is 17.3 Å². The number of benzene rings is 2. The van der Waals surface area contributed by atoms with Crippen molar-refractivity contribution in [3.63, 3.8) is 0 Å². The average molecular weight is 511 g/mol. The molecule has 0 aliphatic heterocycles. The molecule has 7 heteroatoms. The van der Waals surface area contributed by atoms with Gasteiger partial charge in [-0.05, 0) is 110 Å². The number of hydrogen-bond acceptors (Lipinski definition) is 7. The van der Waals surface area contributed by atoms with Gasteiger partial charge in [-0.3, -0.25) is 14.4 Å². The highest BCUT2D eigenvalue weighted by molar-refractivity contribution is 6.07. The smallest absolute Gasteiger partial charge is 0.316 e. The molecule has 0 atom stereocenters. The maximum absolute atomic E-state index is 12.9. The average Bonchev–Trinajstić information content (AvgIpc) is 2.78. The number of aryl methyl sites for hydroxylation is 1. The topological polar surface area (TPSA) is 88.1 Å². The van der Waals surface area contributed by atoms with Crippen LogP contribution in [0.4, 0.5) is 0 Å². The molecule has 7 nitrogen and oxygen atoms in total. The van der Waals surface area contributed by atoms with Crippen LogP contribution in [0.5, 0.6) is 23.0 Å². The van der Waals surface area contributed by atoms with Crippen molar-refractivity contribution in [2.75, 3.05) is 7.11 Å². The summed E-state index contributed by atoms with van der Waals surface area (Å²) in [5.41, 5.74) is 0.345. The molecule has 0 aliphatic rings. The van der Waals surface area contributed by atoms with E-state index in [4.69, 9.17) is 18.9 Å². The minimum absolute atomic E-state index is 0.200. The maximum Gasteiger partial charge on any atom is 0.316 e. The van der Waals surface area contributed by atoms with E-state index in [1.54, 1.807) is 84.9 Å². The summed E-state index contributed by atoms with van der Waals surface area (Å²) in [4.78, 5) is 37.5. The number of ketones is 1. The van der Waals surface area contributed by atoms with Crippen LogP contribution in [0, 0.1) is 17.8 Å². The molecule has 2 aromatic rings. The van der Waals surface area contributed by atoms with Gasteiger partial charge in [0.25, 0.3) is 0 Å². The number of rotatable bonds is 8. The van der Waals surface area contributed by atoms with Crippen LogP contribution in [-0.4, -0.2) is 30.9 Å². The quantitative estimate of drug-likeness (QED) is 0.171. The van der Waals surface area contributed by atoms with Gasteiger partial charge in [-0.2, -0.15) is 0 Å². The molecule has 0 aliphatic carbocycles. The van der Waals surface area contributed by atoms with E-state index in [2.05, 4.69) is 0 Å². The predicted molar refractivity (Wildman–Crippen MR) is 143 cm³/mol. The zero-order valence-electron chi connectivity index (χ0n) is 23.5. The molecule has 0 heterocycles. The van der Waals surface area contributed by atoms with Crippen molar-refractivity contribution in [2.24, 2.45) is 10.8 Å². The number of hydrogen-bond donors (Lipinski definition) is 0. The Morgan fingerprint density at radius 2 is 1.35 bits per heavy atom. The summed E-state index contributed by atoms with van der Waals surface area (Å²) in [6.45, 7) is 16.2. The third kappa shape index (κ3) is 7.94. The minimum Gasteiger partial charge on any atom is -0.490 e. The summed E-state index contributed by atoms with van der Waals surface area (Å²) in [5, 5.41) is 0. The predicted octanol–water partition coefficient (Wildman–Crippen LogP) is 6.59. The van der Waals surface area contributed by atoms with E-state index in [1.165, 1.54) is 13.2 Å². The lowest BCUT2D eigenvalue weighted by molar-refractivity contribution is -0.143. The molecule has 0 spiro atoms. The Balaban J connectivity index is 2.38. The Kier molecular flexibility index (Phi) is 9.31. The second-order valence-electron chi connectivity index (χ2n) is 11.1. The normalized spacial score (nSPS) is 12.0. The number of esters is 2. The fraction of sp³-hybridized carbons (Fsp3) is 0.433. The molecule has 2 aromatic carbocycles. The van der Waals surface area contributed by atoms with Crippen LogP contribution in [0.3, 0.4) is 0 Å². The summed E-state index contributed by atoms with van der Waals surface area (Å²) in [6.07, 6.45) is 2.87. The third-order valence-corrected chi connectivity index (χ3v) is 5.15. The third-order valence-electron chi connectivity index (χ3n) is 5.15. The van der Waals surface area contributed by atoms with Crippen molar-refractivity contribution >= 4 is 23.8 Å². The molecule has 0 aromatic heterocycles. The van der Waals surface area contributed by atoms with Crippen molar-refractivity contribution in [2.45, 2.75) is 68.4 Å². The Morgan fingerprint density at radius 1 is 0.811 bits per heavy atom. The highest BCUT2D eigenvalue weighted by Crippen LogP contribution is 2.44. The zero-order valence-corrected chi connectivity index (χ0v) is 23.5. The molecule has 0 fully saturated rings. The number of carbonyl (C=O) groups is 3. The molecule has 0 N–H and O–H groups in total. The van der Waals surface area contributed by atoms with Crippen molar-refractivity contribution in [3.8, 4) is 23.0 Å². The van der Waals surface area contributed by atoms with Crippen LogP contribution in [0.2, 0.25) is 0 Å². The SMILES string of the molecule is COc1c(OC(=O)C(C)(C)C)c(C)cc(C=CC(=O)c2ccc(OC(=O)C(C)(C)C)cc2)c1OC(C)C. The van der Waals surface area contributed by atoms with Gasteiger partial charge in [-0.25, -0.2) is 0 Å². The van der Waals surface area contributed by atoms with E-state index >= 15 is 0 Å². The lowest BCUT2D eigenvalue weighted by Crippen LogP contribution is -2.26. The Bertz CT molecular complexity index is 1170. The molecular formula is C30H38O7. The van der Waals surface area contributed by atoms with Crippen molar-refractivity contribution in [1.29, 1.82) is 0 Å². The van der Waals surface area contributed by atoms with E-state index in [0.717, 1.165) is 0 Å². The van der Waals surface area contributed by atoms with Gasteiger partial charge in [-0.1, -0.05) is 0 Å². The Labute approximate surface area is 219 Å². The van der Waals surface area contributed by atoms with Crippen molar-refractivity contribution in [1.82, 2.24) is 0 Å². The van der Waals surface area contributed by atoms with Gasteiger partial charge in [0.2, 0.25) is 5.75 Å². The van der Waals surface area contributed by atoms with Gasteiger partial charge in [0.1, 0.15) is 5.75 Å². The Hall–Kier alpha value is -3.61. The second kappa shape index (κ2) is 11.6. The van der Waals surface area contributed by atoms with E-state index in [9.17, 15) is 14.4 Å². The van der Waals surface area contributed by atoms with Crippen molar-refractivity contribution in [3.05, 3.63) is 53.1 Å². The van der Waals surface area contributed by atoms with Gasteiger partial charge in [0, 0.05) is 11.1 Å². The molecule has 0 unspecified atom stereocenters. The molecule has 200 valence electrons. The summed E-state index contributed by atoms with van der Waals surface area (Å²) in [6, 6.07) is 8.16. The number of methoxy groups -OCH3 is 1. The zero-order chi connectivity index (χ0) is 28.1. The first-order chi connectivity index (χ1) is 17.0. The van der Waals surface area contributed by atoms with E-state index in [0.29, 0.717) is 28.2 Å².